The number of hydrogen-bond donors (Lipinski definition) is 3. The van der Waals surface area contributed by atoms with Gasteiger partial charge in [0.15, 0.2) is 0 Å². The van der Waals surface area contributed by atoms with E-state index in [1.54, 1.807) is 46.8 Å². The van der Waals surface area contributed by atoms with Gasteiger partial charge in [0.25, 0.3) is 0 Å². The summed E-state index contributed by atoms with van der Waals surface area (Å²) in [4.78, 5) is 52.1. The molecule has 0 saturated heterocycles. The Labute approximate surface area is 213 Å². The molecule has 9 nitrogen and oxygen atoms in total. The van der Waals surface area contributed by atoms with E-state index in [1.807, 2.05) is 19.1 Å². The summed E-state index contributed by atoms with van der Waals surface area (Å²) in [7, 11) is 0. The van der Waals surface area contributed by atoms with Crippen LogP contribution in [0, 0.1) is 0 Å². The van der Waals surface area contributed by atoms with Crippen LogP contribution in [0.2, 0.25) is 0 Å². The summed E-state index contributed by atoms with van der Waals surface area (Å²) in [5.41, 5.74) is 0.965. The molecule has 0 aromatic heterocycles. The van der Waals surface area contributed by atoms with Crippen molar-refractivity contribution in [3.63, 3.8) is 0 Å². The standard InChI is InChI=1S/C25H39N3O6S/c1-7-17-10-12-18(13-11-17)21(22(30)26-15-14-20(29)33-9-3)28(8-2)23(31)19(16-35)27-24(32)34-25(4,5)6/h10-13,19,21,35H,7-9,14-16H2,1-6H3,(H,26,30)(H,27,32). The summed E-state index contributed by atoms with van der Waals surface area (Å²) in [6, 6.07) is 5.45. The molecule has 0 aliphatic carbocycles. The van der Waals surface area contributed by atoms with E-state index in [4.69, 9.17) is 9.47 Å². The van der Waals surface area contributed by atoms with Gasteiger partial charge in [0.2, 0.25) is 11.8 Å². The molecular weight excluding hydrogens is 470 g/mol. The number of hydrogen-bond acceptors (Lipinski definition) is 7. The Hall–Kier alpha value is -2.75. The van der Waals surface area contributed by atoms with Crippen LogP contribution < -0.4 is 10.6 Å². The number of thiol groups is 1. The summed E-state index contributed by atoms with van der Waals surface area (Å²) in [6.45, 7) is 11.2. The molecular formula is C25H39N3O6S. The van der Waals surface area contributed by atoms with Crippen LogP contribution >= 0.6 is 12.6 Å². The second-order valence-corrected chi connectivity index (χ2v) is 9.21. The first-order valence-corrected chi connectivity index (χ1v) is 12.5. The predicted octanol–water partition coefficient (Wildman–Crippen LogP) is 3.03. The minimum atomic E-state index is -1.00. The minimum Gasteiger partial charge on any atom is -0.466 e. The van der Waals surface area contributed by atoms with Gasteiger partial charge in [-0.3, -0.25) is 14.4 Å². The highest BCUT2D eigenvalue weighted by Gasteiger charge is 2.35. The van der Waals surface area contributed by atoms with Gasteiger partial charge in [0, 0.05) is 18.8 Å². The Kier molecular flexibility index (Phi) is 12.6. The van der Waals surface area contributed by atoms with Crippen molar-refractivity contribution in [2.24, 2.45) is 0 Å². The zero-order valence-electron chi connectivity index (χ0n) is 21.6. The van der Waals surface area contributed by atoms with Crippen molar-refractivity contribution in [2.45, 2.75) is 72.1 Å². The molecule has 3 amide bonds. The van der Waals surface area contributed by atoms with Gasteiger partial charge >= 0.3 is 12.1 Å². The summed E-state index contributed by atoms with van der Waals surface area (Å²) >= 11 is 4.24. The fourth-order valence-corrected chi connectivity index (χ4v) is 3.57. The maximum Gasteiger partial charge on any atom is 0.408 e. The lowest BCUT2D eigenvalue weighted by Gasteiger charge is -2.33. The summed E-state index contributed by atoms with van der Waals surface area (Å²) in [5.74, 6) is -1.32. The molecule has 2 N–H and O–H groups in total. The Bertz CT molecular complexity index is 854. The molecule has 196 valence electrons. The van der Waals surface area contributed by atoms with Gasteiger partial charge in [-0.05, 0) is 52.2 Å². The first-order valence-electron chi connectivity index (χ1n) is 11.9. The molecule has 2 atom stereocenters. The number of nitrogens with zero attached hydrogens (tertiary/aromatic N) is 1. The molecule has 10 heteroatoms. The van der Waals surface area contributed by atoms with Crippen molar-refractivity contribution < 1.29 is 28.7 Å². The summed E-state index contributed by atoms with van der Waals surface area (Å²) < 4.78 is 10.2. The smallest absolute Gasteiger partial charge is 0.408 e. The van der Waals surface area contributed by atoms with E-state index in [9.17, 15) is 19.2 Å². The number of esters is 1. The molecule has 0 radical (unpaired) electrons. The number of carbonyl (C=O) groups excluding carboxylic acids is 4. The molecule has 0 heterocycles. The Morgan fingerprint density at radius 3 is 2.17 bits per heavy atom. The third-order valence-electron chi connectivity index (χ3n) is 4.99. The number of rotatable bonds is 12. The second kappa shape index (κ2) is 14.6. The average molecular weight is 510 g/mol. The fraction of sp³-hybridized carbons (Fsp3) is 0.600. The van der Waals surface area contributed by atoms with Crippen LogP contribution in [0.1, 0.15) is 65.1 Å². The Morgan fingerprint density at radius 1 is 1.06 bits per heavy atom. The predicted molar refractivity (Wildman–Crippen MR) is 137 cm³/mol. The quantitative estimate of drug-likeness (QED) is 0.295. The fourth-order valence-electron chi connectivity index (χ4n) is 3.33. The number of nitrogens with one attached hydrogen (secondary N) is 2. The van der Waals surface area contributed by atoms with Crippen LogP contribution in [0.15, 0.2) is 24.3 Å². The second-order valence-electron chi connectivity index (χ2n) is 8.85. The number of aryl methyl sites for hydroxylation is 1. The number of likely N-dealkylation sites (N-methyl/N-ethyl adjacent to an activating group) is 1. The van der Waals surface area contributed by atoms with Crippen LogP contribution in [-0.2, 0) is 30.3 Å². The molecule has 0 fully saturated rings. The number of ether oxygens (including phenoxy) is 2. The molecule has 35 heavy (non-hydrogen) atoms. The van der Waals surface area contributed by atoms with Crippen molar-refractivity contribution in [3.05, 3.63) is 35.4 Å². The maximum absolute atomic E-state index is 13.5. The highest BCUT2D eigenvalue weighted by molar-refractivity contribution is 7.80. The van der Waals surface area contributed by atoms with Crippen molar-refractivity contribution >= 4 is 36.5 Å². The molecule has 1 aromatic rings. The van der Waals surface area contributed by atoms with Crippen molar-refractivity contribution in [1.82, 2.24) is 15.5 Å². The zero-order chi connectivity index (χ0) is 26.6. The van der Waals surface area contributed by atoms with Crippen LogP contribution in [0.25, 0.3) is 0 Å². The lowest BCUT2D eigenvalue weighted by atomic mass is 10.0. The molecule has 0 bridgehead atoms. The maximum atomic E-state index is 13.5. The lowest BCUT2D eigenvalue weighted by molar-refractivity contribution is -0.144. The third kappa shape index (κ3) is 10.2. The largest absolute Gasteiger partial charge is 0.466 e. The summed E-state index contributed by atoms with van der Waals surface area (Å²) in [5, 5.41) is 5.28. The van der Waals surface area contributed by atoms with Gasteiger partial charge in [-0.15, -0.1) is 0 Å². The first kappa shape index (κ1) is 30.3. The number of amides is 3. The molecule has 2 unspecified atom stereocenters. The van der Waals surface area contributed by atoms with Crippen LogP contribution in [0.4, 0.5) is 4.79 Å². The highest BCUT2D eigenvalue weighted by Crippen LogP contribution is 2.23. The van der Waals surface area contributed by atoms with Gasteiger partial charge in [0.05, 0.1) is 13.0 Å². The zero-order valence-corrected chi connectivity index (χ0v) is 22.4. The average Bonchev–Trinajstić information content (AvgIpc) is 2.79. The van der Waals surface area contributed by atoms with Crippen molar-refractivity contribution in [2.75, 3.05) is 25.4 Å². The van der Waals surface area contributed by atoms with Crippen LogP contribution in [0.3, 0.4) is 0 Å². The van der Waals surface area contributed by atoms with Crippen molar-refractivity contribution in [1.29, 1.82) is 0 Å². The van der Waals surface area contributed by atoms with Crippen LogP contribution in [0.5, 0.6) is 0 Å². The minimum absolute atomic E-state index is 0.0144. The SMILES string of the molecule is CCOC(=O)CCNC(=O)C(c1ccc(CC)cc1)N(CC)C(=O)C(CS)NC(=O)OC(C)(C)C. The Balaban J connectivity index is 3.18. The van der Waals surface area contributed by atoms with Crippen LogP contribution in [-0.4, -0.2) is 65.9 Å². The van der Waals surface area contributed by atoms with E-state index in [-0.39, 0.29) is 31.9 Å². The van der Waals surface area contributed by atoms with Gasteiger partial charge in [-0.25, -0.2) is 4.79 Å². The topological polar surface area (TPSA) is 114 Å². The molecule has 0 aliphatic heterocycles. The number of carbonyl (C=O) groups is 4. The van der Waals surface area contributed by atoms with E-state index in [0.29, 0.717) is 5.56 Å². The number of alkyl carbamates (subject to hydrolysis) is 1. The monoisotopic (exact) mass is 509 g/mol. The molecule has 1 rings (SSSR count). The van der Waals surface area contributed by atoms with E-state index in [2.05, 4.69) is 23.3 Å². The lowest BCUT2D eigenvalue weighted by Crippen LogP contribution is -2.53. The van der Waals surface area contributed by atoms with E-state index < -0.39 is 41.6 Å². The van der Waals surface area contributed by atoms with Crippen molar-refractivity contribution in [3.8, 4) is 0 Å². The van der Waals surface area contributed by atoms with Gasteiger partial charge < -0.3 is 25.0 Å². The highest BCUT2D eigenvalue weighted by atomic mass is 32.1. The van der Waals surface area contributed by atoms with E-state index in [0.717, 1.165) is 12.0 Å². The van der Waals surface area contributed by atoms with Gasteiger partial charge in [0.1, 0.15) is 17.7 Å². The molecule has 1 aromatic carbocycles. The number of benzene rings is 1. The third-order valence-corrected chi connectivity index (χ3v) is 5.36. The van der Waals surface area contributed by atoms with Gasteiger partial charge in [-0.1, -0.05) is 31.2 Å². The molecule has 0 saturated carbocycles. The Morgan fingerprint density at radius 2 is 1.69 bits per heavy atom. The van der Waals surface area contributed by atoms with E-state index in [1.165, 1.54) is 4.90 Å². The first-order chi connectivity index (χ1) is 16.5. The molecule has 0 aliphatic rings. The van der Waals surface area contributed by atoms with E-state index >= 15 is 0 Å². The normalized spacial score (nSPS) is 12.8. The van der Waals surface area contributed by atoms with Gasteiger partial charge in [-0.2, -0.15) is 12.6 Å². The summed E-state index contributed by atoms with van der Waals surface area (Å²) in [6.07, 6.45) is 0.0959. The molecule has 0 spiro atoms.